The first-order chi connectivity index (χ1) is 9.54. The van der Waals surface area contributed by atoms with E-state index >= 15 is 0 Å². The van der Waals surface area contributed by atoms with Gasteiger partial charge in [0.15, 0.2) is 0 Å². The third-order valence-corrected chi connectivity index (χ3v) is 3.40. The molecule has 0 bridgehead atoms. The predicted molar refractivity (Wildman–Crippen MR) is 72.2 cm³/mol. The fourth-order valence-corrected chi connectivity index (χ4v) is 2.41. The molecule has 0 radical (unpaired) electrons. The van der Waals surface area contributed by atoms with E-state index in [-0.39, 0.29) is 11.9 Å². The largest absolute Gasteiger partial charge is 0.464 e. The van der Waals surface area contributed by atoms with Crippen molar-refractivity contribution < 1.29 is 14.3 Å². The van der Waals surface area contributed by atoms with Crippen LogP contribution in [-0.2, 0) is 9.53 Å². The first-order valence-corrected chi connectivity index (χ1v) is 6.83. The van der Waals surface area contributed by atoms with Crippen molar-refractivity contribution in [1.82, 2.24) is 15.1 Å². The van der Waals surface area contributed by atoms with Gasteiger partial charge in [0.25, 0.3) is 5.91 Å². The second-order valence-electron chi connectivity index (χ2n) is 4.89. The van der Waals surface area contributed by atoms with Crippen LogP contribution in [0.3, 0.4) is 0 Å². The van der Waals surface area contributed by atoms with Crippen LogP contribution >= 0.6 is 0 Å². The smallest absolute Gasteiger partial charge is 0.328 e. The van der Waals surface area contributed by atoms with E-state index in [1.54, 1.807) is 31.7 Å². The lowest BCUT2D eigenvalue weighted by molar-refractivity contribution is -0.147. The monoisotopic (exact) mass is 277 g/mol. The van der Waals surface area contributed by atoms with E-state index in [0.717, 1.165) is 6.42 Å². The maximum atomic E-state index is 12.6. The molecular weight excluding hydrogens is 258 g/mol. The summed E-state index contributed by atoms with van der Waals surface area (Å²) in [5.74, 6) is -0.495. The molecule has 0 aliphatic carbocycles. The molecule has 1 amide bonds. The van der Waals surface area contributed by atoms with E-state index in [0.29, 0.717) is 36.5 Å². The molecule has 20 heavy (non-hydrogen) atoms. The maximum absolute atomic E-state index is 12.6. The van der Waals surface area contributed by atoms with Crippen LogP contribution in [0.2, 0.25) is 0 Å². The number of likely N-dealkylation sites (tertiary alicyclic amines) is 1. The number of nitrogens with zero attached hydrogens (tertiary/aromatic N) is 3. The Morgan fingerprint density at radius 2 is 2.15 bits per heavy atom. The van der Waals surface area contributed by atoms with E-state index in [2.05, 4.69) is 10.2 Å². The summed E-state index contributed by atoms with van der Waals surface area (Å²) >= 11 is 0. The summed E-state index contributed by atoms with van der Waals surface area (Å²) in [7, 11) is 0. The molecule has 2 heterocycles. The Morgan fingerprint density at radius 3 is 2.85 bits per heavy atom. The van der Waals surface area contributed by atoms with Gasteiger partial charge in [-0.05, 0) is 39.7 Å². The molecule has 108 valence electrons. The summed E-state index contributed by atoms with van der Waals surface area (Å²) in [6, 6.07) is 1.24. The van der Waals surface area contributed by atoms with Crippen molar-refractivity contribution in [2.75, 3.05) is 13.2 Å². The SMILES string of the molecule is CCOC(=O)C1CCCN1C(=O)c1cc(C)nnc1C. The summed E-state index contributed by atoms with van der Waals surface area (Å²) in [6.07, 6.45) is 1.47. The van der Waals surface area contributed by atoms with Gasteiger partial charge in [0.05, 0.1) is 23.6 Å². The van der Waals surface area contributed by atoms with Crippen LogP contribution in [0.25, 0.3) is 0 Å². The minimum absolute atomic E-state index is 0.170. The average Bonchev–Trinajstić information content (AvgIpc) is 2.90. The van der Waals surface area contributed by atoms with Crippen LogP contribution in [0.4, 0.5) is 0 Å². The zero-order valence-electron chi connectivity index (χ0n) is 12.0. The molecule has 1 aromatic heterocycles. The van der Waals surface area contributed by atoms with Gasteiger partial charge in [0.1, 0.15) is 6.04 Å². The number of aryl methyl sites for hydroxylation is 2. The molecule has 1 saturated heterocycles. The first-order valence-electron chi connectivity index (χ1n) is 6.83. The Balaban J connectivity index is 2.23. The lowest BCUT2D eigenvalue weighted by Gasteiger charge is -2.23. The van der Waals surface area contributed by atoms with Gasteiger partial charge >= 0.3 is 5.97 Å². The number of ether oxygens (including phenoxy) is 1. The van der Waals surface area contributed by atoms with E-state index in [1.165, 1.54) is 0 Å². The molecule has 1 fully saturated rings. The third kappa shape index (κ3) is 2.79. The number of hydrogen-bond acceptors (Lipinski definition) is 5. The molecule has 1 aliphatic rings. The fraction of sp³-hybridized carbons (Fsp3) is 0.571. The summed E-state index contributed by atoms with van der Waals surface area (Å²) in [5.41, 5.74) is 1.77. The lowest BCUT2D eigenvalue weighted by Crippen LogP contribution is -2.41. The van der Waals surface area contributed by atoms with E-state index < -0.39 is 6.04 Å². The second-order valence-corrected chi connectivity index (χ2v) is 4.89. The van der Waals surface area contributed by atoms with Crippen molar-refractivity contribution >= 4 is 11.9 Å². The van der Waals surface area contributed by atoms with Crippen LogP contribution in [0.5, 0.6) is 0 Å². The number of carbonyl (C=O) groups excluding carboxylic acids is 2. The number of hydrogen-bond donors (Lipinski definition) is 0. The molecule has 0 spiro atoms. The van der Waals surface area contributed by atoms with Crippen LogP contribution in [0.15, 0.2) is 6.07 Å². The van der Waals surface area contributed by atoms with Gasteiger partial charge in [-0.25, -0.2) is 4.79 Å². The quantitative estimate of drug-likeness (QED) is 0.778. The van der Waals surface area contributed by atoms with Crippen molar-refractivity contribution in [3.63, 3.8) is 0 Å². The Hall–Kier alpha value is -1.98. The zero-order valence-corrected chi connectivity index (χ0v) is 12.0. The molecule has 1 atom stereocenters. The molecule has 0 saturated carbocycles. The zero-order chi connectivity index (χ0) is 14.7. The highest BCUT2D eigenvalue weighted by Gasteiger charge is 2.36. The van der Waals surface area contributed by atoms with E-state index in [4.69, 9.17) is 4.74 Å². The highest BCUT2D eigenvalue weighted by Crippen LogP contribution is 2.22. The predicted octanol–water partition coefficient (Wildman–Crippen LogP) is 1.26. The van der Waals surface area contributed by atoms with Crippen molar-refractivity contribution in [3.05, 3.63) is 23.0 Å². The van der Waals surface area contributed by atoms with Crippen LogP contribution in [0, 0.1) is 13.8 Å². The Labute approximate surface area is 118 Å². The fourth-order valence-electron chi connectivity index (χ4n) is 2.41. The molecule has 0 aromatic carbocycles. The highest BCUT2D eigenvalue weighted by atomic mass is 16.5. The van der Waals surface area contributed by atoms with Crippen molar-refractivity contribution in [2.45, 2.75) is 39.7 Å². The van der Waals surface area contributed by atoms with Gasteiger partial charge in [0.2, 0.25) is 0 Å². The Morgan fingerprint density at radius 1 is 1.40 bits per heavy atom. The molecule has 1 aliphatic heterocycles. The standard InChI is InChI=1S/C14H19N3O3/c1-4-20-14(19)12-6-5-7-17(12)13(18)11-8-9(2)15-16-10(11)3/h8,12H,4-7H2,1-3H3. The lowest BCUT2D eigenvalue weighted by atomic mass is 10.1. The molecule has 6 heteroatoms. The average molecular weight is 277 g/mol. The summed E-state index contributed by atoms with van der Waals surface area (Å²) in [6.45, 7) is 6.19. The molecule has 6 nitrogen and oxygen atoms in total. The van der Waals surface area contributed by atoms with Crippen molar-refractivity contribution in [1.29, 1.82) is 0 Å². The van der Waals surface area contributed by atoms with Crippen molar-refractivity contribution in [3.8, 4) is 0 Å². The minimum atomic E-state index is -0.477. The molecule has 0 N–H and O–H groups in total. The molecule has 1 unspecified atom stereocenters. The van der Waals surface area contributed by atoms with Gasteiger partial charge in [-0.1, -0.05) is 0 Å². The third-order valence-electron chi connectivity index (χ3n) is 3.40. The van der Waals surface area contributed by atoms with Gasteiger partial charge in [-0.3, -0.25) is 4.79 Å². The molecule has 1 aromatic rings. The molecule has 2 rings (SSSR count). The molecular formula is C14H19N3O3. The summed E-state index contributed by atoms with van der Waals surface area (Å²) < 4.78 is 5.04. The number of amides is 1. The normalized spacial score (nSPS) is 18.1. The van der Waals surface area contributed by atoms with Gasteiger partial charge in [0, 0.05) is 6.54 Å². The van der Waals surface area contributed by atoms with E-state index in [9.17, 15) is 9.59 Å². The Kier molecular flexibility index (Phi) is 4.32. The second kappa shape index (κ2) is 5.98. The van der Waals surface area contributed by atoms with Crippen LogP contribution < -0.4 is 0 Å². The van der Waals surface area contributed by atoms with Crippen molar-refractivity contribution in [2.24, 2.45) is 0 Å². The topological polar surface area (TPSA) is 72.4 Å². The Bertz CT molecular complexity index is 530. The minimum Gasteiger partial charge on any atom is -0.464 e. The number of carbonyl (C=O) groups is 2. The van der Waals surface area contributed by atoms with Crippen LogP contribution in [-0.4, -0.2) is 46.2 Å². The highest BCUT2D eigenvalue weighted by molar-refractivity contribution is 5.98. The van der Waals surface area contributed by atoms with E-state index in [1.807, 2.05) is 0 Å². The number of aromatic nitrogens is 2. The van der Waals surface area contributed by atoms with Gasteiger partial charge in [-0.15, -0.1) is 0 Å². The summed E-state index contributed by atoms with van der Waals surface area (Å²) in [4.78, 5) is 26.1. The first kappa shape index (κ1) is 14.4. The number of rotatable bonds is 3. The number of esters is 1. The maximum Gasteiger partial charge on any atom is 0.328 e. The van der Waals surface area contributed by atoms with Gasteiger partial charge in [-0.2, -0.15) is 10.2 Å². The van der Waals surface area contributed by atoms with Crippen LogP contribution in [0.1, 0.15) is 41.5 Å². The van der Waals surface area contributed by atoms with Gasteiger partial charge < -0.3 is 9.64 Å². The summed E-state index contributed by atoms with van der Waals surface area (Å²) in [5, 5.41) is 7.88.